The van der Waals surface area contributed by atoms with Crippen molar-refractivity contribution in [3.8, 4) is 11.8 Å². The van der Waals surface area contributed by atoms with Crippen LogP contribution in [0.25, 0.3) is 5.57 Å². The molecule has 2 atom stereocenters. The van der Waals surface area contributed by atoms with E-state index in [1.165, 1.54) is 16.7 Å². The maximum absolute atomic E-state index is 13.6. The molecule has 2 heterocycles. The van der Waals surface area contributed by atoms with Gasteiger partial charge in [0.25, 0.3) is 6.43 Å². The van der Waals surface area contributed by atoms with E-state index in [0.717, 1.165) is 43.2 Å². The van der Waals surface area contributed by atoms with E-state index in [9.17, 15) is 13.2 Å². The van der Waals surface area contributed by atoms with Crippen LogP contribution in [0.4, 0.5) is 13.2 Å². The Balaban J connectivity index is 1.62. The molecule has 0 saturated heterocycles. The van der Waals surface area contributed by atoms with Crippen molar-refractivity contribution in [1.29, 1.82) is 0 Å². The lowest BCUT2D eigenvalue weighted by molar-refractivity contribution is 0.0474. The monoisotopic (exact) mass is 474 g/mol. The average molecular weight is 475 g/mol. The molecule has 1 aromatic heterocycles. The van der Waals surface area contributed by atoms with Gasteiger partial charge in [-0.3, -0.25) is 9.29 Å². The summed E-state index contributed by atoms with van der Waals surface area (Å²) in [6.07, 6.45) is 2.20. The average Bonchev–Trinajstić information content (AvgIpc) is 3.19. The molecule has 0 saturated carbocycles. The summed E-state index contributed by atoms with van der Waals surface area (Å²) in [6, 6.07) is 11.6. The van der Waals surface area contributed by atoms with E-state index < -0.39 is 6.43 Å². The molecule has 184 valence electrons. The number of unbranched alkanes of at least 4 members (excludes halogenated alkanes) is 3. The normalized spacial score (nSPS) is 19.9. The molecule has 0 N–H and O–H groups in total. The molecule has 7 heteroatoms. The van der Waals surface area contributed by atoms with Gasteiger partial charge in [-0.15, -0.1) is 0 Å². The standard InChI is InChI=1S/C27H33F3N2O2/c1-18-15-22-20-10-6-5-9-19(20)16-23(22)26(32(18)17-24(29)30)21-11-12-25(31-27(21)33-2)34-14-8-4-3-7-13-28/h5-6,9-12,18,24,26H,3-4,7-8,13-17H2,1-2H3/t18-,26-/m1/s1. The minimum absolute atomic E-state index is 0.0474. The van der Waals surface area contributed by atoms with Gasteiger partial charge in [-0.05, 0) is 67.4 Å². The Morgan fingerprint density at radius 1 is 1.09 bits per heavy atom. The van der Waals surface area contributed by atoms with E-state index in [4.69, 9.17) is 9.47 Å². The fourth-order valence-electron chi connectivity index (χ4n) is 5.25. The van der Waals surface area contributed by atoms with Gasteiger partial charge in [0.15, 0.2) is 0 Å². The second-order valence-corrected chi connectivity index (χ2v) is 9.08. The van der Waals surface area contributed by atoms with Crippen molar-refractivity contribution in [2.24, 2.45) is 0 Å². The largest absolute Gasteiger partial charge is 0.481 e. The number of benzene rings is 1. The lowest BCUT2D eigenvalue weighted by atomic mass is 9.85. The van der Waals surface area contributed by atoms with Gasteiger partial charge >= 0.3 is 0 Å². The topological polar surface area (TPSA) is 34.6 Å². The van der Waals surface area contributed by atoms with Crippen molar-refractivity contribution in [2.75, 3.05) is 26.9 Å². The van der Waals surface area contributed by atoms with Crippen LogP contribution in [0.5, 0.6) is 11.8 Å². The minimum Gasteiger partial charge on any atom is -0.481 e. The third-order valence-corrected chi connectivity index (χ3v) is 6.82. The molecule has 2 aliphatic rings. The van der Waals surface area contributed by atoms with E-state index in [-0.39, 0.29) is 25.3 Å². The second-order valence-electron chi connectivity index (χ2n) is 9.08. The first-order valence-corrected chi connectivity index (χ1v) is 12.1. The predicted octanol–water partition coefficient (Wildman–Crippen LogP) is 6.41. The molecule has 0 spiro atoms. The van der Waals surface area contributed by atoms with E-state index in [0.29, 0.717) is 24.8 Å². The van der Waals surface area contributed by atoms with Crippen LogP contribution in [0.2, 0.25) is 0 Å². The maximum atomic E-state index is 13.6. The Morgan fingerprint density at radius 2 is 1.88 bits per heavy atom. The first-order chi connectivity index (χ1) is 16.5. The molecule has 0 radical (unpaired) electrons. The number of hydrogen-bond donors (Lipinski definition) is 0. The lowest BCUT2D eigenvalue weighted by Crippen LogP contribution is -2.43. The van der Waals surface area contributed by atoms with Crippen LogP contribution < -0.4 is 9.47 Å². The van der Waals surface area contributed by atoms with Crippen LogP contribution >= 0.6 is 0 Å². The van der Waals surface area contributed by atoms with Crippen LogP contribution in [-0.2, 0) is 6.42 Å². The maximum Gasteiger partial charge on any atom is 0.251 e. The minimum atomic E-state index is -2.44. The van der Waals surface area contributed by atoms with Gasteiger partial charge < -0.3 is 9.47 Å². The third-order valence-electron chi connectivity index (χ3n) is 6.82. The zero-order valence-electron chi connectivity index (χ0n) is 19.9. The first-order valence-electron chi connectivity index (χ1n) is 12.1. The third kappa shape index (κ3) is 5.24. The van der Waals surface area contributed by atoms with Gasteiger partial charge in [0.1, 0.15) is 0 Å². The van der Waals surface area contributed by atoms with Crippen molar-refractivity contribution in [3.05, 3.63) is 58.7 Å². The number of nitrogens with zero attached hydrogens (tertiary/aromatic N) is 2. The van der Waals surface area contributed by atoms with Gasteiger partial charge in [0.05, 0.1) is 33.0 Å². The number of rotatable bonds is 11. The molecular formula is C27H33F3N2O2. The molecule has 1 aromatic carbocycles. The van der Waals surface area contributed by atoms with E-state index in [1.54, 1.807) is 13.2 Å². The molecule has 4 nitrogen and oxygen atoms in total. The van der Waals surface area contributed by atoms with Crippen molar-refractivity contribution in [3.63, 3.8) is 0 Å². The van der Waals surface area contributed by atoms with Gasteiger partial charge in [-0.25, -0.2) is 8.78 Å². The highest BCUT2D eigenvalue weighted by atomic mass is 19.3. The smallest absolute Gasteiger partial charge is 0.251 e. The van der Waals surface area contributed by atoms with Gasteiger partial charge in [-0.2, -0.15) is 4.98 Å². The Kier molecular flexibility index (Phi) is 8.14. The zero-order chi connectivity index (χ0) is 24.1. The van der Waals surface area contributed by atoms with Crippen molar-refractivity contribution in [1.82, 2.24) is 9.88 Å². The summed E-state index contributed by atoms with van der Waals surface area (Å²) >= 11 is 0. The molecule has 34 heavy (non-hydrogen) atoms. The second kappa shape index (κ2) is 11.3. The number of alkyl halides is 3. The van der Waals surface area contributed by atoms with Gasteiger partial charge in [-0.1, -0.05) is 30.7 Å². The molecule has 1 aliphatic heterocycles. The summed E-state index contributed by atoms with van der Waals surface area (Å²) in [5, 5.41) is 0. The number of hydrogen-bond acceptors (Lipinski definition) is 4. The summed E-state index contributed by atoms with van der Waals surface area (Å²) in [5.74, 6) is 0.843. The van der Waals surface area contributed by atoms with Crippen LogP contribution in [0.15, 0.2) is 42.0 Å². The quantitative estimate of drug-likeness (QED) is 0.353. The molecular weight excluding hydrogens is 441 g/mol. The highest BCUT2D eigenvalue weighted by molar-refractivity contribution is 5.79. The highest BCUT2D eigenvalue weighted by Gasteiger charge is 2.41. The van der Waals surface area contributed by atoms with Crippen LogP contribution in [0, 0.1) is 0 Å². The molecule has 0 bridgehead atoms. The predicted molar refractivity (Wildman–Crippen MR) is 127 cm³/mol. The van der Waals surface area contributed by atoms with Crippen LogP contribution in [-0.4, -0.2) is 49.3 Å². The fourth-order valence-corrected chi connectivity index (χ4v) is 5.25. The number of pyridine rings is 1. The SMILES string of the molecule is COc1nc(OCCCCCCF)ccc1[C@@H]1C2=C(C[C@@H](C)N1CC(F)F)c1ccccc1C2. The van der Waals surface area contributed by atoms with Crippen LogP contribution in [0.3, 0.4) is 0 Å². The fraction of sp³-hybridized carbons (Fsp3) is 0.519. The van der Waals surface area contributed by atoms with Gasteiger partial charge in [0.2, 0.25) is 11.8 Å². The molecule has 4 rings (SSSR count). The number of halogens is 3. The summed E-state index contributed by atoms with van der Waals surface area (Å²) in [5.41, 5.74) is 5.66. The Bertz CT molecular complexity index is 1010. The number of aromatic nitrogens is 1. The molecule has 0 fully saturated rings. The number of fused-ring (bicyclic) bond motifs is 2. The van der Waals surface area contributed by atoms with Crippen molar-refractivity contribution < 1.29 is 22.6 Å². The first kappa shape index (κ1) is 24.6. The Morgan fingerprint density at radius 3 is 2.65 bits per heavy atom. The summed E-state index contributed by atoms with van der Waals surface area (Å²) in [7, 11) is 1.55. The summed E-state index contributed by atoms with van der Waals surface area (Å²) in [6.45, 7) is 1.91. The summed E-state index contributed by atoms with van der Waals surface area (Å²) in [4.78, 5) is 6.45. The van der Waals surface area contributed by atoms with Crippen molar-refractivity contribution >= 4 is 5.57 Å². The number of ether oxygens (including phenoxy) is 2. The zero-order valence-corrected chi connectivity index (χ0v) is 19.9. The molecule has 1 aliphatic carbocycles. The number of methoxy groups -OCH3 is 1. The van der Waals surface area contributed by atoms with E-state index in [1.807, 2.05) is 30.0 Å². The Labute approximate surface area is 199 Å². The van der Waals surface area contributed by atoms with E-state index in [2.05, 4.69) is 17.1 Å². The Hall–Kier alpha value is -2.54. The molecule has 0 amide bonds. The van der Waals surface area contributed by atoms with Crippen LogP contribution in [0.1, 0.15) is 61.8 Å². The summed E-state index contributed by atoms with van der Waals surface area (Å²) < 4.78 is 50.9. The van der Waals surface area contributed by atoms with E-state index >= 15 is 0 Å². The highest BCUT2D eigenvalue weighted by Crippen LogP contribution is 2.50. The van der Waals surface area contributed by atoms with Crippen molar-refractivity contribution in [2.45, 2.75) is 64.0 Å². The van der Waals surface area contributed by atoms with Gasteiger partial charge in [0, 0.05) is 17.7 Å². The molecule has 2 aromatic rings. The molecule has 0 unspecified atom stereocenters. The lowest BCUT2D eigenvalue weighted by Gasteiger charge is -2.42.